The molecule has 3 N–H and O–H groups in total. The van der Waals surface area contributed by atoms with Crippen molar-refractivity contribution in [2.24, 2.45) is 0 Å². The number of nitrogens with two attached hydrogens (primary N) is 1. The summed E-state index contributed by atoms with van der Waals surface area (Å²) in [4.78, 5) is 12.3. The molecular formula is C21H25NO2. The summed E-state index contributed by atoms with van der Waals surface area (Å²) < 4.78 is 0. The smallest absolute Gasteiger partial charge is 0.191 e. The summed E-state index contributed by atoms with van der Waals surface area (Å²) >= 11 is 0. The van der Waals surface area contributed by atoms with Crippen LogP contribution in [0.1, 0.15) is 53.2 Å². The number of allylic oxidation sites excluding steroid dienone is 1. The first kappa shape index (κ1) is 17.8. The molecule has 2 rings (SSSR count). The minimum Gasteiger partial charge on any atom is -0.507 e. The van der Waals surface area contributed by atoms with Gasteiger partial charge in [-0.05, 0) is 54.7 Å². The van der Waals surface area contributed by atoms with E-state index in [-0.39, 0.29) is 22.8 Å². The zero-order valence-electron chi connectivity index (χ0n) is 14.4. The van der Waals surface area contributed by atoms with Gasteiger partial charge >= 0.3 is 0 Å². The van der Waals surface area contributed by atoms with Crippen LogP contribution in [-0.2, 0) is 6.42 Å². The first-order valence-corrected chi connectivity index (χ1v) is 8.42. The van der Waals surface area contributed by atoms with Crippen LogP contribution in [-0.4, -0.2) is 10.9 Å². The van der Waals surface area contributed by atoms with Crippen LogP contribution in [0.15, 0.2) is 42.5 Å². The SMILES string of the molecule is CCCCCc1ccc(C=CC(=O)c2c(N)cccc2O)cc1C. The van der Waals surface area contributed by atoms with Crippen LogP contribution < -0.4 is 5.73 Å². The molecule has 0 unspecified atom stereocenters. The largest absolute Gasteiger partial charge is 0.507 e. The van der Waals surface area contributed by atoms with Gasteiger partial charge in [-0.25, -0.2) is 0 Å². The zero-order valence-corrected chi connectivity index (χ0v) is 14.4. The Kier molecular flexibility index (Phi) is 6.19. The van der Waals surface area contributed by atoms with Crippen LogP contribution in [0.25, 0.3) is 6.08 Å². The van der Waals surface area contributed by atoms with Crippen LogP contribution in [0.2, 0.25) is 0 Å². The van der Waals surface area contributed by atoms with E-state index in [1.165, 1.54) is 42.5 Å². The number of aryl methyl sites for hydroxylation is 2. The van der Waals surface area contributed by atoms with Crippen molar-refractivity contribution in [3.8, 4) is 5.75 Å². The molecule has 0 aliphatic carbocycles. The molecule has 0 aromatic heterocycles. The normalized spacial score (nSPS) is 11.1. The van der Waals surface area contributed by atoms with Crippen molar-refractivity contribution < 1.29 is 9.90 Å². The Hall–Kier alpha value is -2.55. The molecule has 126 valence electrons. The molecule has 3 heteroatoms. The minimum atomic E-state index is -0.296. The first-order chi connectivity index (χ1) is 11.5. The van der Waals surface area contributed by atoms with Crippen molar-refractivity contribution in [1.82, 2.24) is 0 Å². The van der Waals surface area contributed by atoms with Gasteiger partial charge in [-0.3, -0.25) is 4.79 Å². The lowest BCUT2D eigenvalue weighted by Gasteiger charge is -2.07. The lowest BCUT2D eigenvalue weighted by molar-refractivity contribution is 0.104. The van der Waals surface area contributed by atoms with Gasteiger partial charge in [0.1, 0.15) is 5.75 Å². The second-order valence-electron chi connectivity index (χ2n) is 6.08. The van der Waals surface area contributed by atoms with Crippen molar-refractivity contribution in [2.45, 2.75) is 39.5 Å². The summed E-state index contributed by atoms with van der Waals surface area (Å²) in [5, 5.41) is 9.81. The van der Waals surface area contributed by atoms with Crippen molar-refractivity contribution >= 4 is 17.5 Å². The Morgan fingerprint density at radius 3 is 2.67 bits per heavy atom. The van der Waals surface area contributed by atoms with Gasteiger partial charge < -0.3 is 10.8 Å². The molecule has 0 atom stereocenters. The summed E-state index contributed by atoms with van der Waals surface area (Å²) in [5.74, 6) is -0.387. The lowest BCUT2D eigenvalue weighted by Crippen LogP contribution is -2.01. The third-order valence-corrected chi connectivity index (χ3v) is 4.16. The minimum absolute atomic E-state index is 0.0906. The van der Waals surface area contributed by atoms with Gasteiger partial charge in [-0.1, -0.05) is 50.1 Å². The fourth-order valence-electron chi connectivity index (χ4n) is 2.75. The highest BCUT2D eigenvalue weighted by atomic mass is 16.3. The molecule has 0 radical (unpaired) electrons. The zero-order chi connectivity index (χ0) is 17.5. The number of hydrogen-bond acceptors (Lipinski definition) is 3. The van der Waals surface area contributed by atoms with E-state index in [4.69, 9.17) is 5.73 Å². The molecule has 2 aromatic rings. The third-order valence-electron chi connectivity index (χ3n) is 4.16. The average molecular weight is 323 g/mol. The molecule has 0 saturated heterocycles. The number of rotatable bonds is 7. The number of hydrogen-bond donors (Lipinski definition) is 2. The Bertz CT molecular complexity index is 727. The second kappa shape index (κ2) is 8.34. The fourth-order valence-corrected chi connectivity index (χ4v) is 2.75. The van der Waals surface area contributed by atoms with Crippen molar-refractivity contribution in [3.05, 3.63) is 64.7 Å². The van der Waals surface area contributed by atoms with Crippen LogP contribution in [0.3, 0.4) is 0 Å². The maximum absolute atomic E-state index is 12.3. The van der Waals surface area contributed by atoms with Gasteiger partial charge in [-0.2, -0.15) is 0 Å². The summed E-state index contributed by atoms with van der Waals surface area (Å²) in [5.41, 5.74) is 9.78. The maximum atomic E-state index is 12.3. The number of aromatic hydroxyl groups is 1. The van der Waals surface area contributed by atoms with Crippen LogP contribution in [0.5, 0.6) is 5.75 Å². The van der Waals surface area contributed by atoms with E-state index >= 15 is 0 Å². The molecular weight excluding hydrogens is 298 g/mol. The van der Waals surface area contributed by atoms with Crippen LogP contribution >= 0.6 is 0 Å². The number of unbranched alkanes of at least 4 members (excludes halogenated alkanes) is 2. The van der Waals surface area contributed by atoms with Crippen LogP contribution in [0.4, 0.5) is 5.69 Å². The molecule has 0 bridgehead atoms. The third kappa shape index (κ3) is 4.48. The van der Waals surface area contributed by atoms with E-state index in [1.807, 2.05) is 6.07 Å². The Morgan fingerprint density at radius 1 is 1.21 bits per heavy atom. The van der Waals surface area contributed by atoms with E-state index in [0.29, 0.717) is 0 Å². The maximum Gasteiger partial charge on any atom is 0.191 e. The standard InChI is InChI=1S/C21H25NO2/c1-3-4-5-7-17-12-10-16(14-15(17)2)11-13-20(24)21-18(22)8-6-9-19(21)23/h6,8-14,23H,3-5,7,22H2,1-2H3. The van der Waals surface area contributed by atoms with Gasteiger partial charge in [-0.15, -0.1) is 0 Å². The van der Waals surface area contributed by atoms with Crippen molar-refractivity contribution in [2.75, 3.05) is 5.73 Å². The topological polar surface area (TPSA) is 63.3 Å². The predicted octanol–water partition coefficient (Wildman–Crippen LogP) is 4.91. The molecule has 3 nitrogen and oxygen atoms in total. The highest BCUT2D eigenvalue weighted by Gasteiger charge is 2.11. The molecule has 0 aliphatic heterocycles. The van der Waals surface area contributed by atoms with Gasteiger partial charge in [0.05, 0.1) is 5.56 Å². The first-order valence-electron chi connectivity index (χ1n) is 8.42. The quantitative estimate of drug-likeness (QED) is 0.329. The Balaban J connectivity index is 2.11. The molecule has 0 fully saturated rings. The van der Waals surface area contributed by atoms with E-state index < -0.39 is 0 Å². The van der Waals surface area contributed by atoms with Gasteiger partial charge in [0.15, 0.2) is 5.78 Å². The summed E-state index contributed by atoms with van der Waals surface area (Å²) in [7, 11) is 0. The Labute approximate surface area is 143 Å². The van der Waals surface area contributed by atoms with Gasteiger partial charge in [0.2, 0.25) is 0 Å². The highest BCUT2D eigenvalue weighted by Crippen LogP contribution is 2.24. The molecule has 2 aromatic carbocycles. The summed E-state index contributed by atoms with van der Waals surface area (Å²) in [6.07, 6.45) is 7.98. The van der Waals surface area contributed by atoms with E-state index in [2.05, 4.69) is 26.0 Å². The molecule has 0 spiro atoms. The van der Waals surface area contributed by atoms with E-state index in [9.17, 15) is 9.90 Å². The molecule has 24 heavy (non-hydrogen) atoms. The monoisotopic (exact) mass is 323 g/mol. The fraction of sp³-hybridized carbons (Fsp3) is 0.286. The lowest BCUT2D eigenvalue weighted by atomic mass is 9.99. The number of nitrogen functional groups attached to an aromatic ring is 1. The van der Waals surface area contributed by atoms with E-state index in [1.54, 1.807) is 18.2 Å². The number of benzene rings is 2. The van der Waals surface area contributed by atoms with Crippen molar-refractivity contribution in [1.29, 1.82) is 0 Å². The second-order valence-corrected chi connectivity index (χ2v) is 6.08. The predicted molar refractivity (Wildman–Crippen MR) is 100 cm³/mol. The van der Waals surface area contributed by atoms with Gasteiger partial charge in [0.25, 0.3) is 0 Å². The molecule has 0 aliphatic rings. The van der Waals surface area contributed by atoms with E-state index in [0.717, 1.165) is 12.0 Å². The van der Waals surface area contributed by atoms with Crippen LogP contribution in [0, 0.1) is 6.92 Å². The summed E-state index contributed by atoms with van der Waals surface area (Å²) in [6.45, 7) is 4.30. The number of phenols is 1. The van der Waals surface area contributed by atoms with Crippen molar-refractivity contribution in [3.63, 3.8) is 0 Å². The number of anilines is 1. The number of phenolic OH excluding ortho intramolecular Hbond substituents is 1. The Morgan fingerprint density at radius 2 is 2.00 bits per heavy atom. The number of carbonyl (C=O) groups is 1. The number of carbonyl (C=O) groups excluding carboxylic acids is 1. The molecule has 0 amide bonds. The molecule has 0 saturated carbocycles. The number of ketones is 1. The van der Waals surface area contributed by atoms with Gasteiger partial charge in [0, 0.05) is 5.69 Å². The summed E-state index contributed by atoms with van der Waals surface area (Å²) in [6, 6.07) is 10.9. The average Bonchev–Trinajstić information content (AvgIpc) is 2.55. The highest BCUT2D eigenvalue weighted by molar-refractivity contribution is 6.11. The molecule has 0 heterocycles.